The summed E-state index contributed by atoms with van der Waals surface area (Å²) >= 11 is 0. The van der Waals surface area contributed by atoms with Crippen molar-refractivity contribution in [3.63, 3.8) is 0 Å². The fourth-order valence-corrected chi connectivity index (χ4v) is 1.29. The molecule has 2 rings (SSSR count). The third-order valence-corrected chi connectivity index (χ3v) is 1.85. The van der Waals surface area contributed by atoms with Gasteiger partial charge < -0.3 is 9.51 Å². The van der Waals surface area contributed by atoms with E-state index in [1.54, 1.807) is 16.8 Å². The summed E-state index contributed by atoms with van der Waals surface area (Å²) in [6.07, 6.45) is 5.09. The molecular weight excluding hydrogens is 182 g/mol. The number of aryl methyl sites for hydroxylation is 1. The van der Waals surface area contributed by atoms with Crippen molar-refractivity contribution in [1.29, 1.82) is 0 Å². The first-order chi connectivity index (χ1) is 6.65. The Kier molecular flexibility index (Phi) is 1.92. The minimum Gasteiger partial charge on any atom is -0.481 e. The normalized spacial score (nSPS) is 10.6. The number of hydrogen-bond donors (Lipinski definition) is 1. The van der Waals surface area contributed by atoms with Gasteiger partial charge in [-0.25, -0.2) is 4.98 Å². The Morgan fingerprint density at radius 1 is 1.57 bits per heavy atom. The number of carboxylic acids is 1. The maximum atomic E-state index is 10.4. The van der Waals surface area contributed by atoms with E-state index in [4.69, 9.17) is 5.11 Å². The van der Waals surface area contributed by atoms with Crippen LogP contribution in [0, 0.1) is 6.92 Å². The maximum absolute atomic E-state index is 10.4. The molecule has 5 nitrogen and oxygen atoms in total. The molecule has 0 saturated heterocycles. The summed E-state index contributed by atoms with van der Waals surface area (Å²) in [4.78, 5) is 18.6. The van der Waals surface area contributed by atoms with Crippen LogP contribution in [0.4, 0.5) is 0 Å². The van der Waals surface area contributed by atoms with Gasteiger partial charge in [0.2, 0.25) is 0 Å². The van der Waals surface area contributed by atoms with Crippen molar-refractivity contribution in [2.24, 2.45) is 0 Å². The lowest BCUT2D eigenvalue weighted by molar-refractivity contribution is -0.136. The highest BCUT2D eigenvalue weighted by atomic mass is 16.4. The average molecular weight is 191 g/mol. The zero-order valence-corrected chi connectivity index (χ0v) is 7.64. The second-order valence-corrected chi connectivity index (χ2v) is 3.10. The first-order valence-corrected chi connectivity index (χ1v) is 4.17. The van der Waals surface area contributed by atoms with Crippen LogP contribution in [-0.2, 0) is 11.2 Å². The minimum atomic E-state index is -0.877. The van der Waals surface area contributed by atoms with E-state index >= 15 is 0 Å². The molecule has 0 spiro atoms. The standard InChI is InChI=1S/C9H9N3O2/c1-6-4-12-5-7(2-9(13)14)11-8(12)3-10-6/h3-5H,2H2,1H3,(H,13,14). The summed E-state index contributed by atoms with van der Waals surface area (Å²) < 4.78 is 1.78. The van der Waals surface area contributed by atoms with Crippen molar-refractivity contribution < 1.29 is 9.90 Å². The highest BCUT2D eigenvalue weighted by Gasteiger charge is 2.05. The van der Waals surface area contributed by atoms with Gasteiger partial charge in [0.25, 0.3) is 0 Å². The van der Waals surface area contributed by atoms with Crippen molar-refractivity contribution >= 4 is 11.6 Å². The van der Waals surface area contributed by atoms with Gasteiger partial charge in [0.05, 0.1) is 24.0 Å². The van der Waals surface area contributed by atoms with E-state index in [1.165, 1.54) is 0 Å². The lowest BCUT2D eigenvalue weighted by Crippen LogP contribution is -1.99. The van der Waals surface area contributed by atoms with Crippen LogP contribution < -0.4 is 0 Å². The first-order valence-electron chi connectivity index (χ1n) is 4.17. The van der Waals surface area contributed by atoms with E-state index in [9.17, 15) is 4.79 Å². The molecule has 2 aromatic rings. The zero-order valence-electron chi connectivity index (χ0n) is 7.64. The van der Waals surface area contributed by atoms with Gasteiger partial charge in [0.1, 0.15) is 0 Å². The van der Waals surface area contributed by atoms with Crippen LogP contribution in [0.5, 0.6) is 0 Å². The molecule has 0 atom stereocenters. The third-order valence-electron chi connectivity index (χ3n) is 1.85. The lowest BCUT2D eigenvalue weighted by Gasteiger charge is -1.92. The highest BCUT2D eigenvalue weighted by Crippen LogP contribution is 2.05. The van der Waals surface area contributed by atoms with E-state index in [2.05, 4.69) is 9.97 Å². The topological polar surface area (TPSA) is 67.5 Å². The Morgan fingerprint density at radius 2 is 2.36 bits per heavy atom. The molecule has 0 radical (unpaired) electrons. The van der Waals surface area contributed by atoms with Crippen LogP contribution in [0.25, 0.3) is 5.65 Å². The number of aliphatic carboxylic acids is 1. The molecule has 0 aromatic carbocycles. The van der Waals surface area contributed by atoms with E-state index in [1.807, 2.05) is 13.1 Å². The van der Waals surface area contributed by atoms with E-state index in [-0.39, 0.29) is 6.42 Å². The van der Waals surface area contributed by atoms with Crippen molar-refractivity contribution in [3.8, 4) is 0 Å². The van der Waals surface area contributed by atoms with Gasteiger partial charge in [0.15, 0.2) is 5.65 Å². The van der Waals surface area contributed by atoms with Crippen LogP contribution in [-0.4, -0.2) is 25.4 Å². The average Bonchev–Trinajstić information content (AvgIpc) is 2.44. The quantitative estimate of drug-likeness (QED) is 0.757. The van der Waals surface area contributed by atoms with Crippen LogP contribution in [0.15, 0.2) is 18.6 Å². The fraction of sp³-hybridized carbons (Fsp3) is 0.222. The Morgan fingerprint density at radius 3 is 3.07 bits per heavy atom. The highest BCUT2D eigenvalue weighted by molar-refractivity contribution is 5.69. The Balaban J connectivity index is 2.46. The molecule has 2 aromatic heterocycles. The van der Waals surface area contributed by atoms with E-state index in [0.29, 0.717) is 11.3 Å². The fourth-order valence-electron chi connectivity index (χ4n) is 1.29. The molecule has 0 amide bonds. The van der Waals surface area contributed by atoms with Gasteiger partial charge >= 0.3 is 5.97 Å². The molecule has 0 bridgehead atoms. The molecule has 0 aliphatic carbocycles. The number of carboxylic acid groups (broad SMARTS) is 1. The summed E-state index contributed by atoms with van der Waals surface area (Å²) in [7, 11) is 0. The SMILES string of the molecule is Cc1cn2cc(CC(=O)O)nc2cn1. The Bertz CT molecular complexity index is 490. The largest absolute Gasteiger partial charge is 0.481 e. The van der Waals surface area contributed by atoms with E-state index < -0.39 is 5.97 Å². The number of nitrogens with zero attached hydrogens (tertiary/aromatic N) is 3. The summed E-state index contributed by atoms with van der Waals surface area (Å²) in [5.74, 6) is -0.877. The predicted octanol–water partition coefficient (Wildman–Crippen LogP) is 0.665. The zero-order chi connectivity index (χ0) is 10.1. The minimum absolute atomic E-state index is 0.0548. The van der Waals surface area contributed by atoms with Crippen molar-refractivity contribution in [2.45, 2.75) is 13.3 Å². The molecule has 0 aliphatic heterocycles. The maximum Gasteiger partial charge on any atom is 0.309 e. The molecule has 72 valence electrons. The van der Waals surface area contributed by atoms with Gasteiger partial charge in [-0.2, -0.15) is 0 Å². The molecule has 0 saturated carbocycles. The number of aromatic nitrogens is 3. The summed E-state index contributed by atoms with van der Waals surface area (Å²) in [5.41, 5.74) is 2.09. The van der Waals surface area contributed by atoms with Crippen LogP contribution in [0.2, 0.25) is 0 Å². The number of carbonyl (C=O) groups is 1. The van der Waals surface area contributed by atoms with Gasteiger partial charge in [-0.1, -0.05) is 0 Å². The second kappa shape index (κ2) is 3.10. The number of rotatable bonds is 2. The van der Waals surface area contributed by atoms with Gasteiger partial charge in [0, 0.05) is 12.4 Å². The van der Waals surface area contributed by atoms with E-state index in [0.717, 1.165) is 5.69 Å². The third kappa shape index (κ3) is 1.56. The Hall–Kier alpha value is -1.91. The van der Waals surface area contributed by atoms with Crippen molar-refractivity contribution in [3.05, 3.63) is 30.0 Å². The smallest absolute Gasteiger partial charge is 0.309 e. The van der Waals surface area contributed by atoms with Crippen LogP contribution in [0.3, 0.4) is 0 Å². The molecule has 0 aliphatic rings. The molecule has 0 fully saturated rings. The molecule has 0 unspecified atom stereocenters. The molecule has 1 N–H and O–H groups in total. The lowest BCUT2D eigenvalue weighted by atomic mass is 10.3. The first kappa shape index (κ1) is 8.68. The number of imidazole rings is 1. The molecule has 14 heavy (non-hydrogen) atoms. The van der Waals surface area contributed by atoms with Gasteiger partial charge in [-0.3, -0.25) is 9.78 Å². The second-order valence-electron chi connectivity index (χ2n) is 3.10. The van der Waals surface area contributed by atoms with Gasteiger partial charge in [-0.05, 0) is 6.92 Å². The summed E-state index contributed by atoms with van der Waals surface area (Å²) in [5, 5.41) is 8.58. The van der Waals surface area contributed by atoms with Gasteiger partial charge in [-0.15, -0.1) is 0 Å². The summed E-state index contributed by atoms with van der Waals surface area (Å²) in [6.45, 7) is 1.87. The number of fused-ring (bicyclic) bond motifs is 1. The molecular formula is C9H9N3O2. The Labute approximate surface area is 80.0 Å². The summed E-state index contributed by atoms with van der Waals surface area (Å²) in [6, 6.07) is 0. The molecule has 5 heteroatoms. The van der Waals surface area contributed by atoms with Crippen molar-refractivity contribution in [2.75, 3.05) is 0 Å². The van der Waals surface area contributed by atoms with Crippen LogP contribution in [0.1, 0.15) is 11.4 Å². The number of hydrogen-bond acceptors (Lipinski definition) is 3. The monoisotopic (exact) mass is 191 g/mol. The predicted molar refractivity (Wildman–Crippen MR) is 49.1 cm³/mol. The molecule has 2 heterocycles. The van der Waals surface area contributed by atoms with Crippen molar-refractivity contribution in [1.82, 2.24) is 14.4 Å². The van der Waals surface area contributed by atoms with Crippen LogP contribution >= 0.6 is 0 Å².